The van der Waals surface area contributed by atoms with Crippen molar-refractivity contribution in [2.75, 3.05) is 33.2 Å². The summed E-state index contributed by atoms with van der Waals surface area (Å²) in [6, 6.07) is 0.285. The highest BCUT2D eigenvalue weighted by Crippen LogP contribution is 2.24. The highest BCUT2D eigenvalue weighted by Gasteiger charge is 2.43. The minimum Gasteiger partial charge on any atom is -0.342 e. The predicted molar refractivity (Wildman–Crippen MR) is 83.9 cm³/mol. The van der Waals surface area contributed by atoms with Crippen LogP contribution in [0.3, 0.4) is 0 Å². The number of piperidine rings is 1. The highest BCUT2D eigenvalue weighted by atomic mass is 16.2. The molecular formula is C15H24N6O2. The van der Waals surface area contributed by atoms with E-state index in [1.807, 2.05) is 0 Å². The number of rotatable bonds is 2. The van der Waals surface area contributed by atoms with Crippen molar-refractivity contribution in [3.63, 3.8) is 0 Å². The second-order valence-corrected chi connectivity index (χ2v) is 6.81. The van der Waals surface area contributed by atoms with Gasteiger partial charge < -0.3 is 15.1 Å². The lowest BCUT2D eigenvalue weighted by Gasteiger charge is -2.44. The largest absolute Gasteiger partial charge is 0.342 e. The number of carbonyl (C=O) groups is 2. The molecule has 8 heteroatoms. The zero-order valence-electron chi connectivity index (χ0n) is 13.9. The van der Waals surface area contributed by atoms with Crippen LogP contribution in [0.2, 0.25) is 0 Å². The zero-order chi connectivity index (χ0) is 16.6. The Bertz CT molecular complexity index is 605. The van der Waals surface area contributed by atoms with Crippen LogP contribution in [0, 0.1) is 0 Å². The molecule has 0 spiro atoms. The lowest BCUT2D eigenvalue weighted by molar-refractivity contribution is -0.144. The van der Waals surface area contributed by atoms with Crippen molar-refractivity contribution in [3.05, 3.63) is 11.9 Å². The summed E-state index contributed by atoms with van der Waals surface area (Å²) in [6.07, 6.45) is 3.68. The fraction of sp³-hybridized carbons (Fsp3) is 0.733. The summed E-state index contributed by atoms with van der Waals surface area (Å²) in [7, 11) is 1.76. The molecule has 8 nitrogen and oxygen atoms in total. The molecule has 1 aromatic rings. The molecule has 0 bridgehead atoms. The molecule has 0 saturated carbocycles. The van der Waals surface area contributed by atoms with Gasteiger partial charge in [0.05, 0.1) is 12.2 Å². The van der Waals surface area contributed by atoms with E-state index in [0.717, 1.165) is 25.9 Å². The lowest BCUT2D eigenvalue weighted by Crippen LogP contribution is -2.63. The number of aromatic nitrogens is 3. The predicted octanol–water partition coefficient (Wildman–Crippen LogP) is -0.105. The van der Waals surface area contributed by atoms with Gasteiger partial charge in [-0.05, 0) is 39.8 Å². The molecule has 23 heavy (non-hydrogen) atoms. The smallest absolute Gasteiger partial charge is 0.276 e. The first-order valence-electron chi connectivity index (χ1n) is 8.11. The molecule has 0 atom stereocenters. The first-order chi connectivity index (χ1) is 10.9. The van der Waals surface area contributed by atoms with Gasteiger partial charge in [-0.2, -0.15) is 0 Å². The fourth-order valence-electron chi connectivity index (χ4n) is 3.33. The number of likely N-dealkylation sites (N-methyl/N-ethyl adjacent to an activating group) is 1. The van der Waals surface area contributed by atoms with Crippen molar-refractivity contribution in [2.24, 2.45) is 0 Å². The molecule has 126 valence electrons. The Morgan fingerprint density at radius 2 is 2.00 bits per heavy atom. The Hall–Kier alpha value is -1.96. The average Bonchev–Trinajstić information content (AvgIpc) is 3.03. The van der Waals surface area contributed by atoms with Gasteiger partial charge in [0.1, 0.15) is 5.54 Å². The minimum absolute atomic E-state index is 0.0529. The average molecular weight is 320 g/mol. The highest BCUT2D eigenvalue weighted by molar-refractivity contribution is 5.98. The second-order valence-electron chi connectivity index (χ2n) is 6.81. The van der Waals surface area contributed by atoms with E-state index in [1.165, 1.54) is 0 Å². The van der Waals surface area contributed by atoms with Crippen molar-refractivity contribution >= 4 is 11.8 Å². The maximum Gasteiger partial charge on any atom is 0.276 e. The molecule has 2 aliphatic heterocycles. The Morgan fingerprint density at radius 1 is 1.30 bits per heavy atom. The molecule has 3 heterocycles. The molecule has 0 radical (unpaired) electrons. The Morgan fingerprint density at radius 3 is 2.70 bits per heavy atom. The molecule has 0 aliphatic carbocycles. The van der Waals surface area contributed by atoms with E-state index < -0.39 is 5.54 Å². The van der Waals surface area contributed by atoms with Crippen LogP contribution >= 0.6 is 0 Å². The third-order valence-corrected chi connectivity index (χ3v) is 4.86. The third kappa shape index (κ3) is 2.83. The number of nitrogens with zero attached hydrogens (tertiary/aromatic N) is 5. The van der Waals surface area contributed by atoms with E-state index >= 15 is 0 Å². The van der Waals surface area contributed by atoms with E-state index in [0.29, 0.717) is 18.8 Å². The number of piperazine rings is 1. The summed E-state index contributed by atoms with van der Waals surface area (Å²) >= 11 is 0. The first-order valence-corrected chi connectivity index (χ1v) is 8.11. The number of amides is 2. The van der Waals surface area contributed by atoms with Crippen molar-refractivity contribution in [1.29, 1.82) is 0 Å². The van der Waals surface area contributed by atoms with Gasteiger partial charge in [0, 0.05) is 20.1 Å². The van der Waals surface area contributed by atoms with Gasteiger partial charge in [0.2, 0.25) is 5.91 Å². The summed E-state index contributed by atoms with van der Waals surface area (Å²) in [5, 5.41) is 11.5. The van der Waals surface area contributed by atoms with Gasteiger partial charge >= 0.3 is 0 Å². The van der Waals surface area contributed by atoms with Crippen LogP contribution in [-0.4, -0.2) is 75.4 Å². The number of hydrogen-bond acceptors (Lipinski definition) is 5. The standard InChI is InChI=1S/C15H24N6O2/c1-15(2)14(23)19(3)8-9-20(15)13(22)12-10-21(18-17-12)11-4-6-16-7-5-11/h10-11,16H,4-9H2,1-3H3. The summed E-state index contributed by atoms with van der Waals surface area (Å²) in [6.45, 7) is 6.51. The molecule has 0 unspecified atom stereocenters. The van der Waals surface area contributed by atoms with Crippen molar-refractivity contribution in [3.8, 4) is 0 Å². The minimum atomic E-state index is -0.859. The number of hydrogen-bond donors (Lipinski definition) is 1. The van der Waals surface area contributed by atoms with Gasteiger partial charge in [-0.3, -0.25) is 9.59 Å². The van der Waals surface area contributed by atoms with Gasteiger partial charge in [0.15, 0.2) is 5.69 Å². The molecule has 2 amide bonds. The summed E-state index contributed by atoms with van der Waals surface area (Å²) < 4.78 is 1.79. The molecular weight excluding hydrogens is 296 g/mol. The van der Waals surface area contributed by atoms with E-state index in [2.05, 4.69) is 15.6 Å². The van der Waals surface area contributed by atoms with Crippen LogP contribution in [0.1, 0.15) is 43.2 Å². The van der Waals surface area contributed by atoms with Gasteiger partial charge in [-0.25, -0.2) is 4.68 Å². The molecule has 3 rings (SSSR count). The molecule has 2 saturated heterocycles. The molecule has 1 N–H and O–H groups in total. The maximum atomic E-state index is 12.8. The van der Waals surface area contributed by atoms with Crippen LogP contribution in [0.5, 0.6) is 0 Å². The normalized spacial score (nSPS) is 22.5. The summed E-state index contributed by atoms with van der Waals surface area (Å²) in [4.78, 5) is 28.4. The fourth-order valence-corrected chi connectivity index (χ4v) is 3.33. The lowest BCUT2D eigenvalue weighted by atomic mass is 9.97. The van der Waals surface area contributed by atoms with Crippen molar-refractivity contribution in [2.45, 2.75) is 38.3 Å². The quantitative estimate of drug-likeness (QED) is 0.822. The summed E-state index contributed by atoms with van der Waals surface area (Å²) in [5.41, 5.74) is -0.545. The van der Waals surface area contributed by atoms with Gasteiger partial charge in [-0.15, -0.1) is 5.10 Å². The van der Waals surface area contributed by atoms with Crippen LogP contribution in [0.25, 0.3) is 0 Å². The Balaban J connectivity index is 1.78. The monoisotopic (exact) mass is 320 g/mol. The topological polar surface area (TPSA) is 83.4 Å². The SMILES string of the molecule is CN1CCN(C(=O)c2cn(C3CCNCC3)nn2)C(C)(C)C1=O. The molecule has 2 fully saturated rings. The molecule has 1 aromatic heterocycles. The molecule has 2 aliphatic rings. The third-order valence-electron chi connectivity index (χ3n) is 4.86. The number of nitrogens with one attached hydrogen (secondary N) is 1. The van der Waals surface area contributed by atoms with E-state index in [-0.39, 0.29) is 17.9 Å². The van der Waals surface area contributed by atoms with Crippen LogP contribution in [0.4, 0.5) is 0 Å². The first kappa shape index (κ1) is 15.9. The Kier molecular flexibility index (Phi) is 4.09. The zero-order valence-corrected chi connectivity index (χ0v) is 13.9. The second kappa shape index (κ2) is 5.92. The van der Waals surface area contributed by atoms with E-state index in [9.17, 15) is 9.59 Å². The Labute approximate surface area is 135 Å². The maximum absolute atomic E-state index is 12.8. The van der Waals surface area contributed by atoms with Crippen molar-refractivity contribution in [1.82, 2.24) is 30.1 Å². The van der Waals surface area contributed by atoms with Crippen LogP contribution < -0.4 is 5.32 Å². The van der Waals surface area contributed by atoms with E-state index in [1.54, 1.807) is 41.6 Å². The number of carbonyl (C=O) groups excluding carboxylic acids is 2. The van der Waals surface area contributed by atoms with Gasteiger partial charge in [-0.1, -0.05) is 5.21 Å². The van der Waals surface area contributed by atoms with Crippen molar-refractivity contribution < 1.29 is 9.59 Å². The van der Waals surface area contributed by atoms with Gasteiger partial charge in [0.25, 0.3) is 5.91 Å². The molecule has 0 aromatic carbocycles. The van der Waals surface area contributed by atoms with E-state index in [4.69, 9.17) is 0 Å². The van der Waals surface area contributed by atoms with Crippen LogP contribution in [-0.2, 0) is 4.79 Å². The summed E-state index contributed by atoms with van der Waals surface area (Å²) in [5.74, 6) is -0.278. The van der Waals surface area contributed by atoms with Crippen LogP contribution in [0.15, 0.2) is 6.20 Å².